The van der Waals surface area contributed by atoms with Crippen molar-refractivity contribution in [3.63, 3.8) is 0 Å². The summed E-state index contributed by atoms with van der Waals surface area (Å²) in [7, 11) is 3.26. The van der Waals surface area contributed by atoms with Crippen LogP contribution in [0.15, 0.2) is 47.5 Å². The molecule has 3 rings (SSSR count). The lowest BCUT2D eigenvalue weighted by molar-refractivity contribution is 0.354. The summed E-state index contributed by atoms with van der Waals surface area (Å²) in [5.74, 6) is 2.88. The van der Waals surface area contributed by atoms with Gasteiger partial charge in [-0.2, -0.15) is 0 Å². The van der Waals surface area contributed by atoms with Gasteiger partial charge in [-0.25, -0.2) is 4.98 Å². The Kier molecular flexibility index (Phi) is 6.37. The first-order valence-electron chi connectivity index (χ1n) is 9.29. The van der Waals surface area contributed by atoms with Crippen LogP contribution < -0.4 is 20.5 Å². The third-order valence-corrected chi connectivity index (χ3v) is 4.62. The van der Waals surface area contributed by atoms with Crippen LogP contribution in [0.4, 0.5) is 0 Å². The number of aliphatic imine (C=N–C) groups is 1. The van der Waals surface area contributed by atoms with Gasteiger partial charge in [0.05, 0.1) is 25.3 Å². The number of hydrogen-bond donors (Lipinski definition) is 2. The molecule has 0 fully saturated rings. The predicted molar refractivity (Wildman–Crippen MR) is 112 cm³/mol. The van der Waals surface area contributed by atoms with Gasteiger partial charge < -0.3 is 25.1 Å². The lowest BCUT2D eigenvalue weighted by atomic mass is 10.1. The fourth-order valence-electron chi connectivity index (χ4n) is 3.17. The van der Waals surface area contributed by atoms with Crippen LogP contribution in [0.3, 0.4) is 0 Å². The molecule has 7 nitrogen and oxygen atoms in total. The highest BCUT2D eigenvalue weighted by molar-refractivity contribution is 5.78. The maximum Gasteiger partial charge on any atom is 0.188 e. The fourth-order valence-corrected chi connectivity index (χ4v) is 3.17. The molecule has 0 saturated carbocycles. The van der Waals surface area contributed by atoms with E-state index in [4.69, 9.17) is 15.2 Å². The maximum atomic E-state index is 6.00. The third kappa shape index (κ3) is 4.54. The lowest BCUT2D eigenvalue weighted by Gasteiger charge is -2.10. The minimum Gasteiger partial charge on any atom is -0.493 e. The van der Waals surface area contributed by atoms with Gasteiger partial charge in [-0.3, -0.25) is 4.99 Å². The van der Waals surface area contributed by atoms with Crippen molar-refractivity contribution in [2.75, 3.05) is 27.3 Å². The Balaban J connectivity index is 1.50. The van der Waals surface area contributed by atoms with Crippen LogP contribution in [0.1, 0.15) is 11.4 Å². The first-order valence-corrected chi connectivity index (χ1v) is 9.29. The SMILES string of the molecule is COc1ccc(CCN=C(N)NCCn2c(C)nc3ccccc32)cc1OC. The number of guanidine groups is 1. The molecule has 2 aromatic carbocycles. The Morgan fingerprint density at radius 1 is 1.14 bits per heavy atom. The number of fused-ring (bicyclic) bond motifs is 1. The van der Waals surface area contributed by atoms with Gasteiger partial charge in [0.1, 0.15) is 5.82 Å². The Morgan fingerprint density at radius 3 is 2.71 bits per heavy atom. The molecule has 0 saturated heterocycles. The molecule has 0 amide bonds. The number of nitrogens with zero attached hydrogens (tertiary/aromatic N) is 3. The molecule has 1 heterocycles. The van der Waals surface area contributed by atoms with Crippen LogP contribution in [0.25, 0.3) is 11.0 Å². The largest absolute Gasteiger partial charge is 0.493 e. The summed E-state index contributed by atoms with van der Waals surface area (Å²) in [5.41, 5.74) is 9.26. The van der Waals surface area contributed by atoms with Crippen LogP contribution in [0, 0.1) is 6.92 Å². The molecule has 28 heavy (non-hydrogen) atoms. The summed E-state index contributed by atoms with van der Waals surface area (Å²) >= 11 is 0. The molecule has 0 bridgehead atoms. The fraction of sp³-hybridized carbons (Fsp3) is 0.333. The number of ether oxygens (including phenoxy) is 2. The number of nitrogens with one attached hydrogen (secondary N) is 1. The Hall–Kier alpha value is -3.22. The van der Waals surface area contributed by atoms with Crippen LogP contribution >= 0.6 is 0 Å². The minimum atomic E-state index is 0.447. The van der Waals surface area contributed by atoms with Gasteiger partial charge >= 0.3 is 0 Å². The summed E-state index contributed by atoms with van der Waals surface area (Å²) in [6, 6.07) is 14.0. The van der Waals surface area contributed by atoms with E-state index in [0.717, 1.165) is 46.9 Å². The standard InChI is InChI=1S/C21H27N5O2/c1-15-25-17-6-4-5-7-18(17)26(15)13-12-24-21(22)23-11-10-16-8-9-19(27-2)20(14-16)28-3/h4-9,14H,10-13H2,1-3H3,(H3,22,23,24). The minimum absolute atomic E-state index is 0.447. The molecule has 0 aliphatic carbocycles. The molecule has 1 aromatic heterocycles. The van der Waals surface area contributed by atoms with E-state index in [1.165, 1.54) is 0 Å². The van der Waals surface area contributed by atoms with E-state index in [1.54, 1.807) is 14.2 Å². The molecule has 7 heteroatoms. The average Bonchev–Trinajstić information content (AvgIpc) is 3.03. The van der Waals surface area contributed by atoms with Gasteiger partial charge in [0.2, 0.25) is 0 Å². The number of imidazole rings is 1. The van der Waals surface area contributed by atoms with E-state index in [-0.39, 0.29) is 0 Å². The van der Waals surface area contributed by atoms with Gasteiger partial charge in [0.15, 0.2) is 17.5 Å². The van der Waals surface area contributed by atoms with Crippen LogP contribution in [-0.2, 0) is 13.0 Å². The number of benzene rings is 2. The predicted octanol–water partition coefficient (Wildman–Crippen LogP) is 2.51. The summed E-state index contributed by atoms with van der Waals surface area (Å²) in [6.45, 7) is 4.08. The van der Waals surface area contributed by atoms with Crippen molar-refractivity contribution in [1.29, 1.82) is 0 Å². The number of methoxy groups -OCH3 is 2. The van der Waals surface area contributed by atoms with Crippen LogP contribution in [0.2, 0.25) is 0 Å². The van der Waals surface area contributed by atoms with Gasteiger partial charge in [-0.05, 0) is 43.2 Å². The summed E-state index contributed by atoms with van der Waals surface area (Å²) in [4.78, 5) is 8.98. The second-order valence-corrected chi connectivity index (χ2v) is 6.43. The molecule has 0 aliphatic heterocycles. The molecule has 0 radical (unpaired) electrons. The number of aryl methyl sites for hydroxylation is 1. The van der Waals surface area contributed by atoms with E-state index < -0.39 is 0 Å². The van der Waals surface area contributed by atoms with Crippen LogP contribution in [-0.4, -0.2) is 42.8 Å². The third-order valence-electron chi connectivity index (χ3n) is 4.62. The summed E-state index contributed by atoms with van der Waals surface area (Å²) in [6.07, 6.45) is 0.772. The van der Waals surface area contributed by atoms with E-state index in [9.17, 15) is 0 Å². The quantitative estimate of drug-likeness (QED) is 0.462. The molecule has 3 N–H and O–H groups in total. The highest BCUT2D eigenvalue weighted by Gasteiger charge is 2.06. The van der Waals surface area contributed by atoms with Crippen molar-refractivity contribution in [3.8, 4) is 11.5 Å². The number of hydrogen-bond acceptors (Lipinski definition) is 4. The Labute approximate surface area is 165 Å². The Bertz CT molecular complexity index is 965. The van der Waals surface area contributed by atoms with Crippen molar-refractivity contribution in [2.45, 2.75) is 19.9 Å². The van der Waals surface area contributed by atoms with Gasteiger partial charge in [0, 0.05) is 19.6 Å². The van der Waals surface area contributed by atoms with E-state index >= 15 is 0 Å². The van der Waals surface area contributed by atoms with Crippen molar-refractivity contribution >= 4 is 17.0 Å². The second kappa shape index (κ2) is 9.12. The monoisotopic (exact) mass is 381 g/mol. The first-order chi connectivity index (χ1) is 13.6. The van der Waals surface area contributed by atoms with Gasteiger partial charge in [-0.1, -0.05) is 18.2 Å². The zero-order valence-electron chi connectivity index (χ0n) is 16.6. The summed E-state index contributed by atoms with van der Waals surface area (Å²) < 4.78 is 12.8. The van der Waals surface area contributed by atoms with E-state index in [0.29, 0.717) is 19.0 Å². The molecular weight excluding hydrogens is 354 g/mol. The van der Waals surface area contributed by atoms with E-state index in [1.807, 2.05) is 43.3 Å². The molecule has 0 aliphatic rings. The normalized spacial score (nSPS) is 11.6. The van der Waals surface area contributed by atoms with Gasteiger partial charge in [-0.15, -0.1) is 0 Å². The van der Waals surface area contributed by atoms with Crippen molar-refractivity contribution < 1.29 is 9.47 Å². The maximum absolute atomic E-state index is 6.00. The topological polar surface area (TPSA) is 86.7 Å². The van der Waals surface area contributed by atoms with Crippen molar-refractivity contribution in [3.05, 3.63) is 53.9 Å². The molecule has 0 unspecified atom stereocenters. The lowest BCUT2D eigenvalue weighted by Crippen LogP contribution is -2.34. The molecule has 3 aromatic rings. The molecule has 148 valence electrons. The average molecular weight is 381 g/mol. The number of para-hydroxylation sites is 2. The second-order valence-electron chi connectivity index (χ2n) is 6.43. The number of rotatable bonds is 8. The summed E-state index contributed by atoms with van der Waals surface area (Å²) in [5, 5.41) is 3.17. The zero-order chi connectivity index (χ0) is 19.9. The Morgan fingerprint density at radius 2 is 1.93 bits per heavy atom. The van der Waals surface area contributed by atoms with Crippen molar-refractivity contribution in [1.82, 2.24) is 14.9 Å². The highest BCUT2D eigenvalue weighted by Crippen LogP contribution is 2.27. The molecule has 0 spiro atoms. The number of aromatic nitrogens is 2. The zero-order valence-corrected chi connectivity index (χ0v) is 16.6. The van der Waals surface area contributed by atoms with E-state index in [2.05, 4.69) is 25.9 Å². The molecular formula is C21H27N5O2. The smallest absolute Gasteiger partial charge is 0.188 e. The van der Waals surface area contributed by atoms with Crippen LogP contribution in [0.5, 0.6) is 11.5 Å². The van der Waals surface area contributed by atoms with Gasteiger partial charge in [0.25, 0.3) is 0 Å². The first kappa shape index (κ1) is 19.5. The van der Waals surface area contributed by atoms with Crippen molar-refractivity contribution in [2.24, 2.45) is 10.7 Å². The highest BCUT2D eigenvalue weighted by atomic mass is 16.5. The molecule has 0 atom stereocenters. The number of nitrogens with two attached hydrogens (primary N) is 1.